The molecule has 0 radical (unpaired) electrons. The Morgan fingerprint density at radius 2 is 2.08 bits per heavy atom. The van der Waals surface area contributed by atoms with E-state index in [-0.39, 0.29) is 11.6 Å². The van der Waals surface area contributed by atoms with Crippen molar-refractivity contribution in [2.45, 2.75) is 19.8 Å². The molecule has 0 saturated heterocycles. The lowest BCUT2D eigenvalue weighted by Gasteiger charge is -2.30. The molecule has 1 atom stereocenters. The van der Waals surface area contributed by atoms with E-state index in [1.54, 1.807) is 25.1 Å². The van der Waals surface area contributed by atoms with Crippen LogP contribution in [-0.2, 0) is 4.74 Å². The minimum Gasteiger partial charge on any atom is -0.449 e. The van der Waals surface area contributed by atoms with Gasteiger partial charge in [-0.1, -0.05) is 35.3 Å². The topological polar surface area (TPSA) is 97.5 Å². The number of aromatic nitrogens is 2. The maximum atomic E-state index is 11.2. The second-order valence-corrected chi connectivity index (χ2v) is 6.13. The minimum absolute atomic E-state index is 0.162. The van der Waals surface area contributed by atoms with Gasteiger partial charge in [0.05, 0.1) is 27.2 Å². The molecule has 1 aliphatic heterocycles. The third-order valence-electron chi connectivity index (χ3n) is 3.78. The smallest absolute Gasteiger partial charge is 0.449 e. The van der Waals surface area contributed by atoms with Gasteiger partial charge in [-0.2, -0.15) is 0 Å². The van der Waals surface area contributed by atoms with Crippen molar-refractivity contribution >= 4 is 34.9 Å². The molecule has 1 aromatic heterocycles. The monoisotopic (exact) mass is 381 g/mol. The Labute approximate surface area is 152 Å². The number of ether oxygens (including phenoxy) is 1. The number of benzene rings is 1. The van der Waals surface area contributed by atoms with Crippen molar-refractivity contribution in [3.05, 3.63) is 63.2 Å². The molecule has 130 valence electrons. The summed E-state index contributed by atoms with van der Waals surface area (Å²) in [5.74, 6) is -0.288. The number of hydrogen-bond donors (Lipinski definition) is 2. The van der Waals surface area contributed by atoms with Crippen LogP contribution >= 0.6 is 23.2 Å². The third kappa shape index (κ3) is 3.20. The van der Waals surface area contributed by atoms with Crippen molar-refractivity contribution in [3.8, 4) is 0 Å². The summed E-state index contributed by atoms with van der Waals surface area (Å²) in [7, 11) is 0. The van der Waals surface area contributed by atoms with Crippen LogP contribution in [0.25, 0.3) is 5.57 Å². The molecule has 7 nitrogen and oxygen atoms in total. The number of rotatable bonds is 3. The summed E-state index contributed by atoms with van der Waals surface area (Å²) in [4.78, 5) is 11.2. The first-order chi connectivity index (χ1) is 11.9. The number of nitrogens with one attached hydrogen (secondary N) is 1. The van der Waals surface area contributed by atoms with Gasteiger partial charge < -0.3 is 19.6 Å². The highest BCUT2D eigenvalue weighted by molar-refractivity contribution is 6.42. The molecule has 0 amide bonds. The Kier molecular flexibility index (Phi) is 4.69. The van der Waals surface area contributed by atoms with Gasteiger partial charge in [-0.3, -0.25) is 0 Å². The second kappa shape index (κ2) is 6.78. The van der Waals surface area contributed by atoms with Gasteiger partial charge in [0.15, 0.2) is 0 Å². The molecule has 2 aromatic rings. The van der Waals surface area contributed by atoms with E-state index in [9.17, 15) is 4.79 Å². The van der Waals surface area contributed by atoms with Crippen molar-refractivity contribution in [1.29, 1.82) is 0 Å². The summed E-state index contributed by atoms with van der Waals surface area (Å²) >= 11 is 12.5. The van der Waals surface area contributed by atoms with Gasteiger partial charge in [-0.25, -0.2) is 4.79 Å². The summed E-state index contributed by atoms with van der Waals surface area (Å²) in [6, 6.07) is 5.11. The summed E-state index contributed by atoms with van der Waals surface area (Å²) in [6.07, 6.45) is -0.251. The van der Waals surface area contributed by atoms with E-state index in [2.05, 4.69) is 15.5 Å². The number of carboxylic acid groups (broad SMARTS) is 1. The highest BCUT2D eigenvalue weighted by Gasteiger charge is 2.36. The lowest BCUT2D eigenvalue weighted by molar-refractivity contribution is 0.114. The average molecular weight is 382 g/mol. The third-order valence-corrected chi connectivity index (χ3v) is 4.61. The quantitative estimate of drug-likeness (QED) is 0.759. The molecule has 0 spiro atoms. The van der Waals surface area contributed by atoms with Crippen molar-refractivity contribution in [1.82, 2.24) is 15.5 Å². The highest BCUT2D eigenvalue weighted by atomic mass is 35.5. The Balaban J connectivity index is 2.25. The highest BCUT2D eigenvalue weighted by Crippen LogP contribution is 2.46. The summed E-state index contributed by atoms with van der Waals surface area (Å²) in [5, 5.41) is 20.5. The fraction of sp³-hybridized carbons (Fsp3) is 0.188. The molecule has 2 heterocycles. The van der Waals surface area contributed by atoms with Crippen LogP contribution in [0.1, 0.15) is 31.2 Å². The predicted octanol–water partition coefficient (Wildman–Crippen LogP) is 4.42. The summed E-state index contributed by atoms with van der Waals surface area (Å²) in [6.45, 7) is 3.52. The Morgan fingerprint density at radius 1 is 1.32 bits per heavy atom. The van der Waals surface area contributed by atoms with Gasteiger partial charge in [0.1, 0.15) is 5.76 Å². The van der Waals surface area contributed by atoms with Crippen LogP contribution in [0.4, 0.5) is 4.79 Å². The molecule has 0 aliphatic carbocycles. The lowest BCUT2D eigenvalue weighted by Crippen LogP contribution is -2.26. The zero-order valence-corrected chi connectivity index (χ0v) is 14.7. The summed E-state index contributed by atoms with van der Waals surface area (Å²) < 4.78 is 10.4. The van der Waals surface area contributed by atoms with Gasteiger partial charge >= 0.3 is 6.16 Å². The second-order valence-electron chi connectivity index (χ2n) is 5.34. The molecular weight excluding hydrogens is 369 g/mol. The predicted molar refractivity (Wildman–Crippen MR) is 91.0 cm³/mol. The zero-order chi connectivity index (χ0) is 18.1. The van der Waals surface area contributed by atoms with Crippen LogP contribution in [0, 0.1) is 0 Å². The van der Waals surface area contributed by atoms with Crippen molar-refractivity contribution in [3.63, 3.8) is 0 Å². The standard InChI is InChI=1S/C16H13Cl2N3O4/c1-7-11(15-21-19-6-24-15)12(9-4-3-5-10(17)13(9)18)14(8(2)20-7)25-16(22)23/h3-6,12,20H,1-2H3,(H,22,23). The van der Waals surface area contributed by atoms with E-state index in [0.717, 1.165) is 0 Å². The van der Waals surface area contributed by atoms with Crippen LogP contribution in [0.15, 0.2) is 46.2 Å². The van der Waals surface area contributed by atoms with Crippen LogP contribution in [-0.4, -0.2) is 21.5 Å². The molecule has 1 aromatic carbocycles. The molecule has 25 heavy (non-hydrogen) atoms. The molecular formula is C16H13Cl2N3O4. The summed E-state index contributed by atoms with van der Waals surface area (Å²) in [5.41, 5.74) is 2.37. The maximum Gasteiger partial charge on any atom is 0.511 e. The van der Waals surface area contributed by atoms with Crippen LogP contribution < -0.4 is 5.32 Å². The van der Waals surface area contributed by atoms with E-state index in [4.69, 9.17) is 37.5 Å². The van der Waals surface area contributed by atoms with E-state index in [1.807, 2.05) is 6.92 Å². The zero-order valence-electron chi connectivity index (χ0n) is 13.2. The molecule has 0 bridgehead atoms. The lowest BCUT2D eigenvalue weighted by atomic mass is 9.85. The molecule has 0 fully saturated rings. The number of halogens is 2. The number of dihydropyridines is 1. The average Bonchev–Trinajstić information content (AvgIpc) is 3.06. The Bertz CT molecular complexity index is 891. The van der Waals surface area contributed by atoms with E-state index in [0.29, 0.717) is 32.6 Å². The normalized spacial score (nSPS) is 17.5. The first-order valence-corrected chi connectivity index (χ1v) is 7.95. The van der Waals surface area contributed by atoms with Gasteiger partial charge in [-0.05, 0) is 25.5 Å². The SMILES string of the molecule is CC1=C(OC(=O)O)C(c2cccc(Cl)c2Cl)C(c2nnco2)=C(C)N1. The molecule has 0 saturated carbocycles. The van der Waals surface area contributed by atoms with Crippen molar-refractivity contribution < 1.29 is 19.1 Å². The van der Waals surface area contributed by atoms with Gasteiger partial charge in [-0.15, -0.1) is 10.2 Å². The number of carbonyl (C=O) groups is 1. The molecule has 2 N–H and O–H groups in total. The minimum atomic E-state index is -1.44. The fourth-order valence-electron chi connectivity index (χ4n) is 2.82. The molecule has 3 rings (SSSR count). The van der Waals surface area contributed by atoms with Gasteiger partial charge in [0.25, 0.3) is 0 Å². The number of allylic oxidation sites excluding steroid dienone is 3. The molecule has 1 unspecified atom stereocenters. The Hall–Kier alpha value is -2.51. The van der Waals surface area contributed by atoms with Gasteiger partial charge in [0.2, 0.25) is 12.3 Å². The van der Waals surface area contributed by atoms with Crippen molar-refractivity contribution in [2.24, 2.45) is 0 Å². The largest absolute Gasteiger partial charge is 0.511 e. The molecule has 9 heteroatoms. The first-order valence-electron chi connectivity index (χ1n) is 7.20. The van der Waals surface area contributed by atoms with Gasteiger partial charge in [0, 0.05) is 5.70 Å². The number of nitrogens with zero attached hydrogens (tertiary/aromatic N) is 2. The molecule has 1 aliphatic rings. The fourth-order valence-corrected chi connectivity index (χ4v) is 3.24. The van der Waals surface area contributed by atoms with Crippen LogP contribution in [0.2, 0.25) is 10.0 Å². The van der Waals surface area contributed by atoms with Crippen LogP contribution in [0.5, 0.6) is 0 Å². The van der Waals surface area contributed by atoms with Crippen molar-refractivity contribution in [2.75, 3.05) is 0 Å². The van der Waals surface area contributed by atoms with E-state index >= 15 is 0 Å². The maximum absolute atomic E-state index is 11.2. The first kappa shape index (κ1) is 17.3. The number of hydrogen-bond acceptors (Lipinski definition) is 6. The van der Waals surface area contributed by atoms with E-state index < -0.39 is 12.1 Å². The van der Waals surface area contributed by atoms with Crippen LogP contribution in [0.3, 0.4) is 0 Å². The van der Waals surface area contributed by atoms with E-state index in [1.165, 1.54) is 6.39 Å². The Morgan fingerprint density at radius 3 is 2.72 bits per heavy atom.